The summed E-state index contributed by atoms with van der Waals surface area (Å²) < 4.78 is 92.5. The second-order valence-electron chi connectivity index (χ2n) is 5.06. The van der Waals surface area contributed by atoms with Crippen molar-refractivity contribution in [1.82, 2.24) is 14.5 Å². The van der Waals surface area contributed by atoms with Crippen molar-refractivity contribution < 1.29 is 30.7 Å². The quantitative estimate of drug-likeness (QED) is 0.634. The molecule has 0 saturated heterocycles. The van der Waals surface area contributed by atoms with Gasteiger partial charge in [-0.3, -0.25) is 4.98 Å². The van der Waals surface area contributed by atoms with Crippen LogP contribution in [0.4, 0.5) is 30.7 Å². The fourth-order valence-electron chi connectivity index (χ4n) is 2.48. The van der Waals surface area contributed by atoms with Crippen molar-refractivity contribution in [3.05, 3.63) is 47.9 Å². The first-order valence-corrected chi connectivity index (χ1v) is 6.85. The number of nitrogens with zero attached hydrogens (tertiary/aromatic N) is 3. The number of halogens is 7. The SMILES string of the molecule is Fc1cccc(-c2nccc3c2nc(C(F)(F)F)n3CC(F)F)c1F. The highest BCUT2D eigenvalue weighted by Gasteiger charge is 2.38. The molecule has 0 bridgehead atoms. The minimum Gasteiger partial charge on any atom is -0.314 e. The van der Waals surface area contributed by atoms with Crippen LogP contribution in [0.3, 0.4) is 0 Å². The Bertz CT molecular complexity index is 931. The lowest BCUT2D eigenvalue weighted by Gasteiger charge is -2.10. The molecule has 0 spiro atoms. The first kappa shape index (κ1) is 17.2. The Labute approximate surface area is 135 Å². The lowest BCUT2D eigenvalue weighted by molar-refractivity contribution is -0.147. The summed E-state index contributed by atoms with van der Waals surface area (Å²) >= 11 is 0. The normalized spacial score (nSPS) is 12.3. The molecule has 0 aliphatic rings. The zero-order valence-corrected chi connectivity index (χ0v) is 12.2. The fraction of sp³-hybridized carbons (Fsp3) is 0.200. The van der Waals surface area contributed by atoms with Gasteiger partial charge in [-0.25, -0.2) is 22.5 Å². The molecule has 25 heavy (non-hydrogen) atoms. The molecule has 0 radical (unpaired) electrons. The summed E-state index contributed by atoms with van der Waals surface area (Å²) in [4.78, 5) is 7.09. The number of alkyl halides is 5. The second kappa shape index (κ2) is 6.01. The average Bonchev–Trinajstić information content (AvgIpc) is 2.88. The van der Waals surface area contributed by atoms with Crippen molar-refractivity contribution >= 4 is 11.0 Å². The van der Waals surface area contributed by atoms with E-state index in [-0.39, 0.29) is 11.2 Å². The summed E-state index contributed by atoms with van der Waals surface area (Å²) in [5.74, 6) is -4.10. The van der Waals surface area contributed by atoms with Crippen LogP contribution >= 0.6 is 0 Å². The number of imidazole rings is 1. The second-order valence-corrected chi connectivity index (χ2v) is 5.06. The number of pyridine rings is 1. The number of aromatic nitrogens is 3. The summed E-state index contributed by atoms with van der Waals surface area (Å²) in [5, 5.41) is 0. The van der Waals surface area contributed by atoms with Gasteiger partial charge in [-0.15, -0.1) is 0 Å². The van der Waals surface area contributed by atoms with E-state index in [4.69, 9.17) is 0 Å². The summed E-state index contributed by atoms with van der Waals surface area (Å²) in [5.41, 5.74) is -1.53. The molecule has 3 nitrogen and oxygen atoms in total. The summed E-state index contributed by atoms with van der Waals surface area (Å²) in [6, 6.07) is 4.14. The molecule has 10 heteroatoms. The van der Waals surface area contributed by atoms with E-state index in [1.807, 2.05) is 0 Å². The van der Waals surface area contributed by atoms with Gasteiger partial charge in [0, 0.05) is 11.8 Å². The summed E-state index contributed by atoms with van der Waals surface area (Å²) in [7, 11) is 0. The van der Waals surface area contributed by atoms with E-state index in [1.165, 1.54) is 0 Å². The maximum atomic E-state index is 14.0. The molecule has 0 amide bonds. The van der Waals surface area contributed by atoms with Gasteiger partial charge in [-0.1, -0.05) is 6.07 Å². The van der Waals surface area contributed by atoms with Crippen LogP contribution in [0.2, 0.25) is 0 Å². The van der Waals surface area contributed by atoms with Crippen molar-refractivity contribution in [3.63, 3.8) is 0 Å². The third-order valence-electron chi connectivity index (χ3n) is 3.45. The lowest BCUT2D eigenvalue weighted by Crippen LogP contribution is -2.17. The van der Waals surface area contributed by atoms with E-state index in [0.29, 0.717) is 4.57 Å². The van der Waals surface area contributed by atoms with Crippen molar-refractivity contribution in [2.75, 3.05) is 0 Å². The average molecular weight is 363 g/mol. The van der Waals surface area contributed by atoms with Crippen LogP contribution in [0.5, 0.6) is 0 Å². The Kier molecular flexibility index (Phi) is 4.13. The van der Waals surface area contributed by atoms with Gasteiger partial charge in [0.15, 0.2) is 11.6 Å². The minimum absolute atomic E-state index is 0.294. The van der Waals surface area contributed by atoms with E-state index in [2.05, 4.69) is 9.97 Å². The van der Waals surface area contributed by atoms with E-state index in [9.17, 15) is 30.7 Å². The third kappa shape index (κ3) is 3.03. The van der Waals surface area contributed by atoms with Crippen LogP contribution in [0, 0.1) is 11.6 Å². The maximum Gasteiger partial charge on any atom is 0.449 e. The smallest absolute Gasteiger partial charge is 0.314 e. The predicted molar refractivity (Wildman–Crippen MR) is 73.9 cm³/mol. The van der Waals surface area contributed by atoms with Gasteiger partial charge in [-0.05, 0) is 18.2 Å². The standard InChI is InChI=1S/C15H8F7N3/c16-8-3-1-2-7(11(8)19)12-13-9(4-5-23-12)25(6-10(17)18)14(24-13)15(20,21)22/h1-5,10H,6H2. The van der Waals surface area contributed by atoms with Crippen molar-refractivity contribution in [2.24, 2.45) is 0 Å². The molecule has 132 valence electrons. The van der Waals surface area contributed by atoms with Gasteiger partial charge < -0.3 is 4.57 Å². The summed E-state index contributed by atoms with van der Waals surface area (Å²) in [6.45, 7) is -1.25. The van der Waals surface area contributed by atoms with Gasteiger partial charge in [0.2, 0.25) is 5.82 Å². The monoisotopic (exact) mass is 363 g/mol. The number of hydrogen-bond donors (Lipinski definition) is 0. The largest absolute Gasteiger partial charge is 0.449 e. The molecule has 0 fully saturated rings. The Hall–Kier alpha value is -2.65. The van der Waals surface area contributed by atoms with Crippen LogP contribution in [0.1, 0.15) is 5.82 Å². The van der Waals surface area contributed by atoms with Crippen LogP contribution in [0.25, 0.3) is 22.3 Å². The van der Waals surface area contributed by atoms with E-state index in [1.54, 1.807) is 0 Å². The van der Waals surface area contributed by atoms with Gasteiger partial charge in [0.1, 0.15) is 11.2 Å². The molecule has 0 unspecified atom stereocenters. The highest BCUT2D eigenvalue weighted by Crippen LogP contribution is 2.35. The van der Waals surface area contributed by atoms with Crippen molar-refractivity contribution in [3.8, 4) is 11.3 Å². The topological polar surface area (TPSA) is 30.7 Å². The zero-order valence-electron chi connectivity index (χ0n) is 12.2. The van der Waals surface area contributed by atoms with Crippen LogP contribution < -0.4 is 0 Å². The molecule has 0 atom stereocenters. The Morgan fingerprint density at radius 2 is 1.80 bits per heavy atom. The summed E-state index contributed by atoms with van der Waals surface area (Å²) in [6.07, 6.45) is -7.06. The van der Waals surface area contributed by atoms with E-state index < -0.39 is 47.7 Å². The molecule has 0 N–H and O–H groups in total. The van der Waals surface area contributed by atoms with Crippen molar-refractivity contribution in [1.29, 1.82) is 0 Å². The Morgan fingerprint density at radius 3 is 2.44 bits per heavy atom. The van der Waals surface area contributed by atoms with E-state index >= 15 is 0 Å². The molecule has 2 heterocycles. The molecule has 3 rings (SSSR count). The Balaban J connectivity index is 2.33. The predicted octanol–water partition coefficient (Wildman–Crippen LogP) is 4.66. The first-order chi connectivity index (χ1) is 11.7. The number of fused-ring (bicyclic) bond motifs is 1. The van der Waals surface area contributed by atoms with Crippen LogP contribution in [-0.2, 0) is 12.7 Å². The highest BCUT2D eigenvalue weighted by atomic mass is 19.4. The van der Waals surface area contributed by atoms with Gasteiger partial charge >= 0.3 is 6.18 Å². The number of hydrogen-bond acceptors (Lipinski definition) is 2. The fourth-order valence-corrected chi connectivity index (χ4v) is 2.48. The van der Waals surface area contributed by atoms with Crippen molar-refractivity contribution in [2.45, 2.75) is 19.1 Å². The number of benzene rings is 1. The van der Waals surface area contributed by atoms with Crippen LogP contribution in [0.15, 0.2) is 30.5 Å². The molecule has 0 aliphatic heterocycles. The lowest BCUT2D eigenvalue weighted by atomic mass is 10.1. The molecule has 0 aliphatic carbocycles. The highest BCUT2D eigenvalue weighted by molar-refractivity contribution is 5.90. The number of rotatable bonds is 3. The molecular weight excluding hydrogens is 355 g/mol. The molecular formula is C15H8F7N3. The first-order valence-electron chi connectivity index (χ1n) is 6.85. The van der Waals surface area contributed by atoms with E-state index in [0.717, 1.165) is 30.5 Å². The molecule has 0 saturated carbocycles. The molecule has 1 aromatic carbocycles. The van der Waals surface area contributed by atoms with Crippen LogP contribution in [-0.4, -0.2) is 21.0 Å². The molecule has 3 aromatic rings. The third-order valence-corrected chi connectivity index (χ3v) is 3.45. The maximum absolute atomic E-state index is 14.0. The minimum atomic E-state index is -5.01. The van der Waals surface area contributed by atoms with Gasteiger partial charge in [0.25, 0.3) is 6.43 Å². The Morgan fingerprint density at radius 1 is 1.08 bits per heavy atom. The zero-order chi connectivity index (χ0) is 18.4. The molecule has 2 aromatic heterocycles. The van der Waals surface area contributed by atoms with Gasteiger partial charge in [0.05, 0.1) is 12.1 Å². The van der Waals surface area contributed by atoms with Gasteiger partial charge in [-0.2, -0.15) is 13.2 Å².